The lowest BCUT2D eigenvalue weighted by Crippen LogP contribution is -2.40. The van der Waals surface area contributed by atoms with E-state index in [0.717, 1.165) is 16.7 Å². The van der Waals surface area contributed by atoms with Crippen molar-refractivity contribution in [3.05, 3.63) is 41.2 Å². The molecule has 0 saturated heterocycles. The first-order valence-electron chi connectivity index (χ1n) is 6.98. The SMILES string of the molecule is O=C(Cn1nnc2ccccc21)N1CCn2ncc(Cl)c2C1. The molecule has 0 aliphatic carbocycles. The first-order valence-corrected chi connectivity index (χ1v) is 7.36. The number of hydrogen-bond donors (Lipinski definition) is 0. The van der Waals surface area contributed by atoms with Gasteiger partial charge in [0.2, 0.25) is 5.91 Å². The molecule has 4 rings (SSSR count). The number of halogens is 1. The predicted octanol–water partition coefficient (Wildman–Crippen LogP) is 1.32. The highest BCUT2D eigenvalue weighted by Crippen LogP contribution is 2.21. The maximum absolute atomic E-state index is 12.5. The van der Waals surface area contributed by atoms with E-state index in [4.69, 9.17) is 11.6 Å². The topological polar surface area (TPSA) is 68.8 Å². The van der Waals surface area contributed by atoms with Gasteiger partial charge in [0.25, 0.3) is 0 Å². The number of amides is 1. The Labute approximate surface area is 131 Å². The normalized spacial score (nSPS) is 14.3. The van der Waals surface area contributed by atoms with Crippen molar-refractivity contribution < 1.29 is 4.79 Å². The molecule has 22 heavy (non-hydrogen) atoms. The summed E-state index contributed by atoms with van der Waals surface area (Å²) in [6.45, 7) is 1.93. The molecule has 0 atom stereocenters. The Hall–Kier alpha value is -2.41. The fourth-order valence-corrected chi connectivity index (χ4v) is 2.89. The number of aromatic nitrogens is 5. The fraction of sp³-hybridized carbons (Fsp3) is 0.286. The molecule has 1 amide bonds. The van der Waals surface area contributed by atoms with Crippen molar-refractivity contribution in [3.63, 3.8) is 0 Å². The standard InChI is InChI=1S/C14H13ClN6O/c15-10-7-16-20-6-5-19(8-13(10)20)14(22)9-21-12-4-2-1-3-11(12)17-18-21/h1-4,7H,5-6,8-9H2. The summed E-state index contributed by atoms with van der Waals surface area (Å²) in [6, 6.07) is 7.59. The van der Waals surface area contributed by atoms with Gasteiger partial charge in [-0.25, -0.2) is 4.68 Å². The Morgan fingerprint density at radius 1 is 1.27 bits per heavy atom. The number of fused-ring (bicyclic) bond motifs is 2. The zero-order chi connectivity index (χ0) is 15.1. The Morgan fingerprint density at radius 2 is 2.14 bits per heavy atom. The molecule has 1 aromatic carbocycles. The van der Waals surface area contributed by atoms with E-state index in [-0.39, 0.29) is 12.5 Å². The van der Waals surface area contributed by atoms with E-state index < -0.39 is 0 Å². The molecule has 1 aliphatic heterocycles. The Bertz CT molecular complexity index is 854. The molecular weight excluding hydrogens is 304 g/mol. The summed E-state index contributed by atoms with van der Waals surface area (Å²) in [7, 11) is 0. The second-order valence-electron chi connectivity index (χ2n) is 5.21. The molecule has 0 bridgehead atoms. The van der Waals surface area contributed by atoms with Crippen LogP contribution in [-0.4, -0.2) is 42.1 Å². The van der Waals surface area contributed by atoms with Crippen LogP contribution in [0.15, 0.2) is 30.5 Å². The average molecular weight is 317 g/mol. The molecule has 0 spiro atoms. The molecule has 0 N–H and O–H groups in total. The van der Waals surface area contributed by atoms with Crippen molar-refractivity contribution in [1.82, 2.24) is 29.7 Å². The molecule has 112 valence electrons. The van der Waals surface area contributed by atoms with E-state index in [1.165, 1.54) is 0 Å². The van der Waals surface area contributed by atoms with Gasteiger partial charge < -0.3 is 4.90 Å². The number of hydrogen-bond acceptors (Lipinski definition) is 4. The van der Waals surface area contributed by atoms with Crippen molar-refractivity contribution in [2.75, 3.05) is 6.54 Å². The van der Waals surface area contributed by atoms with Crippen molar-refractivity contribution in [1.29, 1.82) is 0 Å². The second-order valence-corrected chi connectivity index (χ2v) is 5.62. The van der Waals surface area contributed by atoms with Crippen LogP contribution in [0.2, 0.25) is 5.02 Å². The van der Waals surface area contributed by atoms with Crippen molar-refractivity contribution in [3.8, 4) is 0 Å². The summed E-state index contributed by atoms with van der Waals surface area (Å²) >= 11 is 6.10. The van der Waals surface area contributed by atoms with E-state index in [2.05, 4.69) is 15.4 Å². The summed E-state index contributed by atoms with van der Waals surface area (Å²) in [5.41, 5.74) is 2.52. The van der Waals surface area contributed by atoms with Crippen LogP contribution in [0.25, 0.3) is 11.0 Å². The molecule has 8 heteroatoms. The monoisotopic (exact) mass is 316 g/mol. The van der Waals surface area contributed by atoms with Gasteiger partial charge in [0.1, 0.15) is 12.1 Å². The number of carbonyl (C=O) groups is 1. The summed E-state index contributed by atoms with van der Waals surface area (Å²) in [5, 5.41) is 12.9. The Balaban J connectivity index is 1.55. The van der Waals surface area contributed by atoms with Crippen LogP contribution in [0.5, 0.6) is 0 Å². The minimum atomic E-state index is -0.000769. The van der Waals surface area contributed by atoms with Crippen molar-refractivity contribution >= 4 is 28.5 Å². The quantitative estimate of drug-likeness (QED) is 0.715. The third kappa shape index (κ3) is 2.14. The molecule has 0 saturated carbocycles. The summed E-state index contributed by atoms with van der Waals surface area (Å²) in [4.78, 5) is 14.3. The largest absolute Gasteiger partial charge is 0.333 e. The lowest BCUT2D eigenvalue weighted by Gasteiger charge is -2.28. The highest BCUT2D eigenvalue weighted by molar-refractivity contribution is 6.31. The zero-order valence-electron chi connectivity index (χ0n) is 11.7. The Kier molecular flexibility index (Phi) is 3.07. The molecular formula is C14H13ClN6O. The van der Waals surface area contributed by atoms with Gasteiger partial charge in [-0.2, -0.15) is 5.10 Å². The third-order valence-electron chi connectivity index (χ3n) is 3.88. The average Bonchev–Trinajstić information content (AvgIpc) is 3.12. The van der Waals surface area contributed by atoms with Crippen LogP contribution < -0.4 is 0 Å². The first kappa shape index (κ1) is 13.3. The Morgan fingerprint density at radius 3 is 3.05 bits per heavy atom. The summed E-state index contributed by atoms with van der Waals surface area (Å²) in [6.07, 6.45) is 1.62. The van der Waals surface area contributed by atoms with Crippen LogP contribution >= 0.6 is 11.6 Å². The second kappa shape index (κ2) is 5.10. The number of nitrogens with zero attached hydrogens (tertiary/aromatic N) is 6. The minimum absolute atomic E-state index is 0.000769. The number of rotatable bonds is 2. The molecule has 0 unspecified atom stereocenters. The molecule has 2 aromatic heterocycles. The highest BCUT2D eigenvalue weighted by atomic mass is 35.5. The van der Waals surface area contributed by atoms with Gasteiger partial charge >= 0.3 is 0 Å². The zero-order valence-corrected chi connectivity index (χ0v) is 12.4. The van der Waals surface area contributed by atoms with E-state index in [9.17, 15) is 4.79 Å². The van der Waals surface area contributed by atoms with Gasteiger partial charge in [0.15, 0.2) is 0 Å². The van der Waals surface area contributed by atoms with E-state index in [0.29, 0.717) is 24.7 Å². The number of benzene rings is 1. The van der Waals surface area contributed by atoms with Gasteiger partial charge in [-0.3, -0.25) is 9.48 Å². The van der Waals surface area contributed by atoms with Crippen LogP contribution in [0.1, 0.15) is 5.69 Å². The summed E-state index contributed by atoms with van der Waals surface area (Å²) in [5.74, 6) is -0.000769. The van der Waals surface area contributed by atoms with E-state index in [1.807, 2.05) is 28.9 Å². The minimum Gasteiger partial charge on any atom is -0.333 e. The van der Waals surface area contributed by atoms with Crippen LogP contribution in [-0.2, 0) is 24.4 Å². The summed E-state index contributed by atoms with van der Waals surface area (Å²) < 4.78 is 3.47. The van der Waals surface area contributed by atoms with Crippen molar-refractivity contribution in [2.24, 2.45) is 0 Å². The molecule has 1 aliphatic rings. The molecule has 0 fully saturated rings. The molecule has 3 aromatic rings. The molecule has 3 heterocycles. The van der Waals surface area contributed by atoms with Crippen molar-refractivity contribution in [2.45, 2.75) is 19.6 Å². The predicted molar refractivity (Wildman–Crippen MR) is 80.2 cm³/mol. The van der Waals surface area contributed by atoms with Gasteiger partial charge in [-0.05, 0) is 12.1 Å². The lowest BCUT2D eigenvalue weighted by atomic mass is 10.3. The van der Waals surface area contributed by atoms with Gasteiger partial charge in [0.05, 0.1) is 35.5 Å². The first-order chi connectivity index (χ1) is 10.7. The maximum Gasteiger partial charge on any atom is 0.244 e. The van der Waals surface area contributed by atoms with Crippen LogP contribution in [0.3, 0.4) is 0 Å². The van der Waals surface area contributed by atoms with Crippen LogP contribution in [0.4, 0.5) is 0 Å². The van der Waals surface area contributed by atoms with E-state index >= 15 is 0 Å². The van der Waals surface area contributed by atoms with Gasteiger partial charge in [0, 0.05) is 6.54 Å². The lowest BCUT2D eigenvalue weighted by molar-refractivity contribution is -0.133. The van der Waals surface area contributed by atoms with E-state index in [1.54, 1.807) is 15.8 Å². The highest BCUT2D eigenvalue weighted by Gasteiger charge is 2.24. The maximum atomic E-state index is 12.5. The van der Waals surface area contributed by atoms with Gasteiger partial charge in [-0.15, -0.1) is 5.10 Å². The van der Waals surface area contributed by atoms with Gasteiger partial charge in [-0.1, -0.05) is 28.9 Å². The number of para-hydroxylation sites is 1. The smallest absolute Gasteiger partial charge is 0.244 e. The third-order valence-corrected chi connectivity index (χ3v) is 4.19. The molecule has 7 nitrogen and oxygen atoms in total. The fourth-order valence-electron chi connectivity index (χ4n) is 2.69. The number of carbonyl (C=O) groups excluding carboxylic acids is 1. The molecule has 0 radical (unpaired) electrons. The van der Waals surface area contributed by atoms with Crippen LogP contribution in [0, 0.1) is 0 Å².